The molecule has 2 amide bonds. The number of anilines is 1. The van der Waals surface area contributed by atoms with Crippen LogP contribution in [0.25, 0.3) is 55.2 Å². The topological polar surface area (TPSA) is 183 Å². The number of aromatic amines is 1. The molecular weight excluding hydrogens is 836 g/mol. The van der Waals surface area contributed by atoms with Gasteiger partial charge in [-0.25, -0.2) is 21.8 Å². The molecule has 0 fully saturated rings. The molecule has 9 rings (SSSR count). The number of sulfonamides is 1. The molecule has 0 aliphatic heterocycles. The van der Waals surface area contributed by atoms with Gasteiger partial charge in [0.25, 0.3) is 17.4 Å². The van der Waals surface area contributed by atoms with Crippen molar-refractivity contribution in [3.05, 3.63) is 172 Å². The number of nitrogens with zero attached hydrogens (tertiary/aromatic N) is 5. The van der Waals surface area contributed by atoms with Crippen molar-refractivity contribution in [2.24, 2.45) is 0 Å². The Bertz CT molecular complexity index is 3470. The fourth-order valence-electron chi connectivity index (χ4n) is 8.13. The fourth-order valence-corrected chi connectivity index (χ4v) is 9.66. The van der Waals surface area contributed by atoms with E-state index in [-0.39, 0.29) is 40.2 Å². The number of carbonyl (C=O) groups excluding carboxylic acids is 2. The van der Waals surface area contributed by atoms with Crippen LogP contribution in [0.5, 0.6) is 0 Å². The maximum Gasteiger partial charge on any atom is 0.260 e. The van der Waals surface area contributed by atoms with Crippen LogP contribution >= 0.6 is 0 Å². The number of aliphatic hydroxyl groups excluding tert-OH is 1. The number of pyridine rings is 3. The Morgan fingerprint density at radius 3 is 2.33 bits per heavy atom. The van der Waals surface area contributed by atoms with Crippen LogP contribution in [0.4, 0.5) is 10.1 Å². The van der Waals surface area contributed by atoms with Crippen LogP contribution < -0.4 is 20.5 Å². The summed E-state index contributed by atoms with van der Waals surface area (Å²) >= 11 is 0. The number of H-pyrrole nitrogens is 1. The summed E-state index contributed by atoms with van der Waals surface area (Å²) in [4.78, 5) is 43.8. The van der Waals surface area contributed by atoms with Crippen molar-refractivity contribution >= 4 is 60.4 Å². The zero-order chi connectivity index (χ0) is 44.9. The average molecular weight is 877 g/mol. The maximum absolute atomic E-state index is 14.6. The number of nitrogens with one attached hydrogen (secondary N) is 3. The van der Waals surface area contributed by atoms with Gasteiger partial charge in [-0.15, -0.1) is 0 Å². The third-order valence-corrected chi connectivity index (χ3v) is 13.0. The zero-order valence-corrected chi connectivity index (χ0v) is 35.7. The minimum absolute atomic E-state index is 0.146. The molecule has 0 aliphatic carbocycles. The summed E-state index contributed by atoms with van der Waals surface area (Å²) in [6.07, 6.45) is 3.16. The Kier molecular flexibility index (Phi) is 10.6. The van der Waals surface area contributed by atoms with Crippen molar-refractivity contribution in [3.8, 4) is 22.4 Å². The smallest absolute Gasteiger partial charge is 0.260 e. The Morgan fingerprint density at radius 1 is 0.828 bits per heavy atom. The molecule has 14 nitrogen and oxygen atoms in total. The van der Waals surface area contributed by atoms with E-state index in [1.54, 1.807) is 41.0 Å². The molecule has 0 aliphatic rings. The number of rotatable bonds is 12. The molecular formula is C48H41FN8O6S. The summed E-state index contributed by atoms with van der Waals surface area (Å²) in [5.41, 5.74) is 4.41. The van der Waals surface area contributed by atoms with E-state index >= 15 is 0 Å². The van der Waals surface area contributed by atoms with Gasteiger partial charge in [0, 0.05) is 29.8 Å². The van der Waals surface area contributed by atoms with Gasteiger partial charge in [0.2, 0.25) is 10.0 Å². The van der Waals surface area contributed by atoms with E-state index in [9.17, 15) is 32.3 Å². The number of fused-ring (bicyclic) bond motifs is 6. The molecule has 0 spiro atoms. The molecule has 5 aromatic heterocycles. The summed E-state index contributed by atoms with van der Waals surface area (Å²) in [6, 6.07) is 33.9. The number of aliphatic hydroxyl groups is 1. The molecule has 0 radical (unpaired) electrons. The van der Waals surface area contributed by atoms with Crippen molar-refractivity contribution in [1.82, 2.24) is 34.8 Å². The molecule has 16 heteroatoms. The molecule has 5 heterocycles. The molecule has 322 valence electrons. The summed E-state index contributed by atoms with van der Waals surface area (Å²) < 4.78 is 47.1. The van der Waals surface area contributed by atoms with Gasteiger partial charge in [0.15, 0.2) is 0 Å². The van der Waals surface area contributed by atoms with Gasteiger partial charge >= 0.3 is 0 Å². The average Bonchev–Trinajstić information content (AvgIpc) is 3.87. The summed E-state index contributed by atoms with van der Waals surface area (Å²) in [5, 5.41) is 26.4. The number of para-hydroxylation sites is 1. The number of carbonyl (C=O) groups is 2. The van der Waals surface area contributed by atoms with Crippen LogP contribution in [0.3, 0.4) is 0 Å². The second kappa shape index (κ2) is 16.2. The normalized spacial score (nSPS) is 12.0. The van der Waals surface area contributed by atoms with E-state index in [2.05, 4.69) is 20.7 Å². The van der Waals surface area contributed by atoms with Crippen LogP contribution in [0.1, 0.15) is 45.7 Å². The van der Waals surface area contributed by atoms with E-state index < -0.39 is 45.6 Å². The highest BCUT2D eigenvalue weighted by atomic mass is 32.2. The highest BCUT2D eigenvalue weighted by Gasteiger charge is 2.28. The number of benzene rings is 4. The van der Waals surface area contributed by atoms with Crippen molar-refractivity contribution < 1.29 is 27.5 Å². The summed E-state index contributed by atoms with van der Waals surface area (Å²) in [5.74, 6) is -1.95. The van der Waals surface area contributed by atoms with Crippen molar-refractivity contribution in [3.63, 3.8) is 0 Å². The second-order valence-corrected chi connectivity index (χ2v) is 17.8. The van der Waals surface area contributed by atoms with Crippen LogP contribution in [0.15, 0.2) is 139 Å². The predicted molar refractivity (Wildman–Crippen MR) is 244 cm³/mol. The number of amides is 2. The first-order valence-electron chi connectivity index (χ1n) is 20.3. The zero-order valence-electron chi connectivity index (χ0n) is 34.8. The Labute approximate surface area is 365 Å². The Morgan fingerprint density at radius 2 is 1.58 bits per heavy atom. The standard InChI is InChI=1S/C48H41FN8O6S/c1-48(2,34-9-5-4-6-10-34)52-45(59)33-24-29(23-32(25-33)31-19-20-55-40(26-31)42-44(54-55)37-11-7-8-12-38(37)51-47(42)61)28-64(62,63)57(21-22-58)36-17-18-39-41(46(60)50-3)43(53-56(39)27-36)30-13-15-35(49)16-14-30/h4-20,23-27,58H,21-22,28H2,1-3H3,(H,50,60)(H,51,61)(H,52,59). The maximum atomic E-state index is 14.6. The van der Waals surface area contributed by atoms with E-state index in [1.165, 1.54) is 54.2 Å². The van der Waals surface area contributed by atoms with Crippen LogP contribution in [-0.2, 0) is 21.3 Å². The fraction of sp³-hybridized carbons (Fsp3) is 0.146. The lowest BCUT2D eigenvalue weighted by atomic mass is 9.93. The van der Waals surface area contributed by atoms with Crippen molar-refractivity contribution in [2.45, 2.75) is 25.1 Å². The molecule has 0 saturated carbocycles. The van der Waals surface area contributed by atoms with Gasteiger partial charge in [0.1, 0.15) is 17.0 Å². The van der Waals surface area contributed by atoms with Crippen molar-refractivity contribution in [1.29, 1.82) is 0 Å². The van der Waals surface area contributed by atoms with E-state index in [4.69, 9.17) is 5.10 Å². The van der Waals surface area contributed by atoms with Gasteiger partial charge in [-0.1, -0.05) is 54.6 Å². The van der Waals surface area contributed by atoms with Crippen LogP contribution in [0, 0.1) is 5.82 Å². The SMILES string of the molecule is CNC(=O)c1c(-c2ccc(F)cc2)nn2cc(N(CCO)S(=O)(=O)Cc3cc(C(=O)NC(C)(C)c4ccccc4)cc(-c4ccn5nc6c7ccccc7[nH]c(=O)c6c5c4)c3)ccc12. The monoisotopic (exact) mass is 876 g/mol. The largest absolute Gasteiger partial charge is 0.394 e. The molecule has 64 heavy (non-hydrogen) atoms. The van der Waals surface area contributed by atoms with Gasteiger partial charge < -0.3 is 20.7 Å². The molecule has 0 atom stereocenters. The van der Waals surface area contributed by atoms with E-state index in [1.807, 2.05) is 68.4 Å². The minimum atomic E-state index is -4.32. The molecule has 4 aromatic carbocycles. The lowest BCUT2D eigenvalue weighted by molar-refractivity contribution is 0.0910. The molecule has 0 saturated heterocycles. The van der Waals surface area contributed by atoms with Crippen LogP contribution in [0.2, 0.25) is 0 Å². The molecule has 0 bridgehead atoms. The number of hydrogen-bond acceptors (Lipinski definition) is 8. The Balaban J connectivity index is 1.13. The highest BCUT2D eigenvalue weighted by molar-refractivity contribution is 7.92. The lowest BCUT2D eigenvalue weighted by Gasteiger charge is -2.27. The number of halogens is 1. The summed E-state index contributed by atoms with van der Waals surface area (Å²) in [6.45, 7) is 2.89. The van der Waals surface area contributed by atoms with Gasteiger partial charge in [-0.05, 0) is 103 Å². The second-order valence-electron chi connectivity index (χ2n) is 15.9. The number of hydrogen-bond donors (Lipinski definition) is 4. The first-order chi connectivity index (χ1) is 30.7. The lowest BCUT2D eigenvalue weighted by Crippen LogP contribution is -2.41. The first kappa shape index (κ1) is 41.7. The molecule has 0 unspecified atom stereocenters. The minimum Gasteiger partial charge on any atom is -0.394 e. The van der Waals surface area contributed by atoms with Crippen molar-refractivity contribution in [2.75, 3.05) is 24.5 Å². The van der Waals surface area contributed by atoms with Gasteiger partial charge in [-0.2, -0.15) is 10.2 Å². The Hall–Kier alpha value is -7.69. The molecule has 9 aromatic rings. The summed E-state index contributed by atoms with van der Waals surface area (Å²) in [7, 11) is -2.85. The quantitative estimate of drug-likeness (QED) is 0.103. The highest BCUT2D eigenvalue weighted by Crippen LogP contribution is 2.32. The van der Waals surface area contributed by atoms with Gasteiger partial charge in [0.05, 0.1) is 63.8 Å². The molecule has 4 N–H and O–H groups in total. The van der Waals surface area contributed by atoms with E-state index in [0.29, 0.717) is 44.1 Å². The van der Waals surface area contributed by atoms with Gasteiger partial charge in [-0.3, -0.25) is 18.7 Å². The third kappa shape index (κ3) is 7.62. The third-order valence-electron chi connectivity index (χ3n) is 11.3. The first-order valence-corrected chi connectivity index (χ1v) is 21.9. The van der Waals surface area contributed by atoms with E-state index in [0.717, 1.165) is 15.3 Å². The number of aromatic nitrogens is 5. The van der Waals surface area contributed by atoms with Crippen LogP contribution in [-0.4, -0.2) is 69.8 Å². The predicted octanol–water partition coefficient (Wildman–Crippen LogP) is 6.80.